The monoisotopic (exact) mass is 173 g/mol. The first-order chi connectivity index (χ1) is 6.56. The van der Waals surface area contributed by atoms with E-state index in [9.17, 15) is 10.2 Å². The van der Waals surface area contributed by atoms with Crippen LogP contribution in [-0.2, 0) is 0 Å². The van der Waals surface area contributed by atoms with E-state index in [1.807, 2.05) is 0 Å². The van der Waals surface area contributed by atoms with Gasteiger partial charge in [-0.2, -0.15) is 0 Å². The van der Waals surface area contributed by atoms with E-state index in [1.54, 1.807) is 19.9 Å². The van der Waals surface area contributed by atoms with Crippen molar-refractivity contribution in [3.05, 3.63) is 12.2 Å². The van der Waals surface area contributed by atoms with Gasteiger partial charge in [0.15, 0.2) is 0 Å². The highest BCUT2D eigenvalue weighted by Crippen LogP contribution is 2.31. The van der Waals surface area contributed by atoms with Crippen LogP contribution >= 0.6 is 0 Å². The van der Waals surface area contributed by atoms with Gasteiger partial charge in [0.2, 0.25) is 0 Å². The van der Waals surface area contributed by atoms with Gasteiger partial charge < -0.3 is 10.2 Å². The van der Waals surface area contributed by atoms with Crippen molar-refractivity contribution in [2.45, 2.75) is 44.7 Å². The zero-order valence-electron chi connectivity index (χ0n) is 10.5. The maximum absolute atomic E-state index is 9.86. The summed E-state index contributed by atoms with van der Waals surface area (Å²) in [6, 6.07) is 0. The third-order valence-corrected chi connectivity index (χ3v) is 2.35. The Kier molecular flexibility index (Phi) is 1.47. The molecule has 0 saturated heterocycles. The number of hydrogen-bond acceptors (Lipinski definition) is 2. The lowest BCUT2D eigenvalue weighted by Gasteiger charge is -2.33. The molecule has 0 aromatic rings. The first-order valence-electron chi connectivity index (χ1n) is 5.70. The summed E-state index contributed by atoms with van der Waals surface area (Å²) in [6.45, 7) is 0.970. The van der Waals surface area contributed by atoms with Crippen LogP contribution in [0, 0.1) is 5.92 Å². The lowest BCUT2D eigenvalue weighted by atomic mass is 9.79. The molecule has 2 heteroatoms. The van der Waals surface area contributed by atoms with Gasteiger partial charge in [0, 0.05) is 10.0 Å². The van der Waals surface area contributed by atoms with Gasteiger partial charge in [0.05, 0.1) is 11.2 Å². The Hall–Kier alpha value is -0.340. The van der Waals surface area contributed by atoms with Gasteiger partial charge in [-0.25, -0.2) is 0 Å². The van der Waals surface area contributed by atoms with Crippen LogP contribution in [0.15, 0.2) is 12.2 Å². The van der Waals surface area contributed by atoms with Crippen LogP contribution in [0.4, 0.5) is 0 Å². The molecule has 1 aliphatic rings. The van der Waals surface area contributed by atoms with Crippen molar-refractivity contribution in [1.82, 2.24) is 0 Å². The second-order valence-corrected chi connectivity index (χ2v) is 4.08. The van der Waals surface area contributed by atoms with Crippen molar-refractivity contribution in [2.24, 2.45) is 5.92 Å². The van der Waals surface area contributed by atoms with E-state index < -0.39 is 18.1 Å². The van der Waals surface area contributed by atoms with E-state index in [0.29, 0.717) is 6.42 Å². The molecule has 0 amide bonds. The predicted octanol–water partition coefficient (Wildman–Crippen LogP) is 1.47. The fraction of sp³-hybridized carbons (Fsp3) is 0.800. The van der Waals surface area contributed by atoms with Crippen molar-refractivity contribution < 1.29 is 14.3 Å². The largest absolute Gasteiger partial charge is 0.390 e. The van der Waals surface area contributed by atoms with Crippen LogP contribution in [0.25, 0.3) is 0 Å². The minimum Gasteiger partial charge on any atom is -0.390 e. The summed E-state index contributed by atoms with van der Waals surface area (Å²) in [5.74, 6) is -0.0971. The Labute approximate surface area is 78.1 Å². The Morgan fingerprint density at radius 2 is 2.33 bits per heavy atom. The number of hydrogen-bond donors (Lipinski definition) is 2. The molecule has 0 heterocycles. The SMILES string of the molecule is [2H]C([2H])([2H])[C@@]1(O)C=C[C@@H](C(C)(C)O)CC1. The van der Waals surface area contributed by atoms with Crippen LogP contribution in [0.3, 0.4) is 0 Å². The van der Waals surface area contributed by atoms with Gasteiger partial charge in [-0.3, -0.25) is 0 Å². The highest BCUT2D eigenvalue weighted by molar-refractivity contribution is 5.08. The third-order valence-electron chi connectivity index (χ3n) is 2.35. The molecule has 0 unspecified atom stereocenters. The van der Waals surface area contributed by atoms with Crippen LogP contribution in [0.2, 0.25) is 0 Å². The highest BCUT2D eigenvalue weighted by Gasteiger charge is 2.31. The van der Waals surface area contributed by atoms with Gasteiger partial charge in [-0.15, -0.1) is 0 Å². The van der Waals surface area contributed by atoms with Crippen molar-refractivity contribution >= 4 is 0 Å². The molecule has 0 radical (unpaired) electrons. The van der Waals surface area contributed by atoms with Gasteiger partial charge in [0.25, 0.3) is 0 Å². The van der Waals surface area contributed by atoms with E-state index in [2.05, 4.69) is 0 Å². The maximum Gasteiger partial charge on any atom is 0.0800 e. The Balaban J connectivity index is 2.83. The molecule has 0 saturated carbocycles. The van der Waals surface area contributed by atoms with Crippen LogP contribution in [0.5, 0.6) is 0 Å². The van der Waals surface area contributed by atoms with E-state index in [-0.39, 0.29) is 12.3 Å². The van der Waals surface area contributed by atoms with Gasteiger partial charge in [-0.1, -0.05) is 12.2 Å². The molecule has 0 aromatic carbocycles. The van der Waals surface area contributed by atoms with E-state index in [1.165, 1.54) is 6.08 Å². The average Bonchev–Trinajstić information content (AvgIpc) is 2.01. The van der Waals surface area contributed by atoms with Crippen LogP contribution in [0.1, 0.15) is 37.7 Å². The molecule has 1 aliphatic carbocycles. The zero-order chi connectivity index (χ0) is 11.9. The van der Waals surface area contributed by atoms with Gasteiger partial charge >= 0.3 is 0 Å². The van der Waals surface area contributed by atoms with Gasteiger partial charge in [-0.05, 0) is 33.5 Å². The van der Waals surface area contributed by atoms with Crippen LogP contribution in [-0.4, -0.2) is 21.4 Å². The molecule has 12 heavy (non-hydrogen) atoms. The van der Waals surface area contributed by atoms with Crippen molar-refractivity contribution in [3.63, 3.8) is 0 Å². The Bertz CT molecular complexity index is 265. The standard InChI is InChI=1S/C10H18O2/c1-9(2,11)8-4-6-10(3,12)7-5-8/h4,6,8,11-12H,5,7H2,1-3H3/t8-,10-/m1/s1/i3D3. The summed E-state index contributed by atoms with van der Waals surface area (Å²) in [6.07, 6.45) is 3.56. The maximum atomic E-state index is 9.86. The van der Waals surface area contributed by atoms with E-state index >= 15 is 0 Å². The van der Waals surface area contributed by atoms with E-state index in [0.717, 1.165) is 0 Å². The van der Waals surface area contributed by atoms with Crippen molar-refractivity contribution in [3.8, 4) is 0 Å². The average molecular weight is 173 g/mol. The predicted molar refractivity (Wildman–Crippen MR) is 48.8 cm³/mol. The Morgan fingerprint density at radius 1 is 1.67 bits per heavy atom. The lowest BCUT2D eigenvalue weighted by molar-refractivity contribution is 0.0114. The highest BCUT2D eigenvalue weighted by atomic mass is 16.3. The molecule has 70 valence electrons. The normalized spacial score (nSPS) is 41.7. The van der Waals surface area contributed by atoms with Crippen LogP contribution < -0.4 is 0 Å². The molecule has 0 aliphatic heterocycles. The molecule has 2 N–H and O–H groups in total. The summed E-state index contributed by atoms with van der Waals surface area (Å²) < 4.78 is 21.6. The first-order valence-corrected chi connectivity index (χ1v) is 4.20. The fourth-order valence-corrected chi connectivity index (χ4v) is 1.42. The molecule has 1 rings (SSSR count). The summed E-state index contributed by atoms with van der Waals surface area (Å²) in [4.78, 5) is 0. The quantitative estimate of drug-likeness (QED) is 0.590. The molecule has 0 bridgehead atoms. The smallest absolute Gasteiger partial charge is 0.0800 e. The summed E-state index contributed by atoms with van der Waals surface area (Å²) >= 11 is 0. The molecule has 0 fully saturated rings. The topological polar surface area (TPSA) is 40.5 Å². The van der Waals surface area contributed by atoms with Gasteiger partial charge in [0.1, 0.15) is 0 Å². The summed E-state index contributed by atoms with van der Waals surface area (Å²) in [5, 5.41) is 19.6. The molecule has 2 atom stereocenters. The minimum atomic E-state index is -2.39. The Morgan fingerprint density at radius 3 is 2.67 bits per heavy atom. The molecule has 0 spiro atoms. The second-order valence-electron chi connectivity index (χ2n) is 4.08. The zero-order valence-corrected chi connectivity index (χ0v) is 7.54. The van der Waals surface area contributed by atoms with E-state index in [4.69, 9.17) is 4.11 Å². The van der Waals surface area contributed by atoms with Crippen molar-refractivity contribution in [2.75, 3.05) is 0 Å². The molecular weight excluding hydrogens is 152 g/mol. The minimum absolute atomic E-state index is 0.0971. The third kappa shape index (κ3) is 2.32. The molecule has 0 aromatic heterocycles. The lowest BCUT2D eigenvalue weighted by Crippen LogP contribution is -2.35. The molecular formula is C10H18O2. The first kappa shape index (κ1) is 6.17. The second kappa shape index (κ2) is 2.86. The fourth-order valence-electron chi connectivity index (χ4n) is 1.42. The summed E-state index contributed by atoms with van der Waals surface area (Å²) in [7, 11) is 0. The van der Waals surface area contributed by atoms with Crippen molar-refractivity contribution in [1.29, 1.82) is 0 Å². The molecule has 2 nitrogen and oxygen atoms in total. The number of aliphatic hydroxyl groups is 2. The summed E-state index contributed by atoms with van der Waals surface area (Å²) in [5.41, 5.74) is -2.60. The number of rotatable bonds is 1.